The molecule has 0 rings (SSSR count). The average Bonchev–Trinajstić information content (AvgIpc) is 2.30. The molecule has 0 aliphatic carbocycles. The van der Waals surface area contributed by atoms with Crippen molar-refractivity contribution < 1.29 is 14.3 Å². The molecule has 19 heavy (non-hydrogen) atoms. The first-order valence-electron chi connectivity index (χ1n) is 7.46. The second-order valence-corrected chi connectivity index (χ2v) is 6.65. The summed E-state index contributed by atoms with van der Waals surface area (Å²) in [7, 11) is 0. The molecular weight excluding hydrogens is 240 g/mol. The van der Waals surface area contributed by atoms with Crippen LogP contribution in [0.4, 0.5) is 0 Å². The van der Waals surface area contributed by atoms with Crippen molar-refractivity contribution in [3.63, 3.8) is 0 Å². The van der Waals surface area contributed by atoms with Crippen LogP contribution in [0.1, 0.15) is 61.3 Å². The van der Waals surface area contributed by atoms with Crippen LogP contribution < -0.4 is 0 Å². The molecule has 1 atom stereocenters. The van der Waals surface area contributed by atoms with E-state index in [1.54, 1.807) is 0 Å². The fourth-order valence-electron chi connectivity index (χ4n) is 1.75. The fourth-order valence-corrected chi connectivity index (χ4v) is 1.75. The fraction of sp³-hybridized carbons (Fsp3) is 0.938. The first-order chi connectivity index (χ1) is 8.67. The highest BCUT2D eigenvalue weighted by Gasteiger charge is 2.35. The number of hydrogen-bond acceptors (Lipinski definition) is 3. The maximum absolute atomic E-state index is 12.1. The van der Waals surface area contributed by atoms with Crippen molar-refractivity contribution in [2.24, 2.45) is 17.3 Å². The van der Waals surface area contributed by atoms with Crippen molar-refractivity contribution in [1.82, 2.24) is 0 Å². The van der Waals surface area contributed by atoms with Gasteiger partial charge in [0, 0.05) is 0 Å². The molecule has 0 saturated carbocycles. The summed E-state index contributed by atoms with van der Waals surface area (Å²) in [4.78, 5) is 12.1. The molecule has 0 aliphatic heterocycles. The Balaban J connectivity index is 4.11. The molecule has 0 saturated heterocycles. The molecule has 0 aliphatic rings. The normalized spacial score (nSPS) is 13.9. The smallest absolute Gasteiger partial charge is 0.311 e. The third-order valence-electron chi connectivity index (χ3n) is 3.70. The minimum absolute atomic E-state index is 0.115. The lowest BCUT2D eigenvalue weighted by atomic mass is 9.77. The zero-order valence-electron chi connectivity index (χ0n) is 13.8. The Hall–Kier alpha value is -0.570. The van der Waals surface area contributed by atoms with Gasteiger partial charge >= 0.3 is 5.97 Å². The van der Waals surface area contributed by atoms with Crippen molar-refractivity contribution in [2.45, 2.75) is 67.4 Å². The predicted octanol–water partition coefficient (Wildman–Crippen LogP) is 4.05. The van der Waals surface area contributed by atoms with Gasteiger partial charge in [-0.2, -0.15) is 0 Å². The summed E-state index contributed by atoms with van der Waals surface area (Å²) in [5.41, 5.74) is -0.424. The molecule has 114 valence electrons. The van der Waals surface area contributed by atoms with E-state index < -0.39 is 5.41 Å². The van der Waals surface area contributed by atoms with Crippen LogP contribution in [0.3, 0.4) is 0 Å². The molecule has 0 aromatic rings. The van der Waals surface area contributed by atoms with Crippen LogP contribution in [0.15, 0.2) is 0 Å². The summed E-state index contributed by atoms with van der Waals surface area (Å²) >= 11 is 0. The van der Waals surface area contributed by atoms with Crippen molar-refractivity contribution in [1.29, 1.82) is 0 Å². The topological polar surface area (TPSA) is 35.5 Å². The highest BCUT2D eigenvalue weighted by molar-refractivity contribution is 5.76. The molecule has 0 bridgehead atoms. The van der Waals surface area contributed by atoms with Crippen molar-refractivity contribution in [3.05, 3.63) is 0 Å². The Morgan fingerprint density at radius 3 is 2.05 bits per heavy atom. The SMILES string of the molecule is CC(C)CCC(C)C(C)(C)C(=O)OCCOC(C)C. The van der Waals surface area contributed by atoms with Crippen molar-refractivity contribution in [3.8, 4) is 0 Å². The van der Waals surface area contributed by atoms with E-state index in [4.69, 9.17) is 9.47 Å². The summed E-state index contributed by atoms with van der Waals surface area (Å²) in [6.07, 6.45) is 2.38. The molecule has 3 heteroatoms. The van der Waals surface area contributed by atoms with Crippen molar-refractivity contribution in [2.75, 3.05) is 13.2 Å². The lowest BCUT2D eigenvalue weighted by Crippen LogP contribution is -2.34. The molecule has 0 spiro atoms. The average molecular weight is 272 g/mol. The Morgan fingerprint density at radius 1 is 1.00 bits per heavy atom. The van der Waals surface area contributed by atoms with E-state index in [2.05, 4.69) is 20.8 Å². The summed E-state index contributed by atoms with van der Waals surface area (Å²) in [5.74, 6) is 0.887. The maximum atomic E-state index is 12.1. The van der Waals surface area contributed by atoms with E-state index in [-0.39, 0.29) is 12.1 Å². The van der Waals surface area contributed by atoms with E-state index in [1.165, 1.54) is 0 Å². The third kappa shape index (κ3) is 7.56. The number of ether oxygens (including phenoxy) is 2. The van der Waals surface area contributed by atoms with Gasteiger partial charge in [0.25, 0.3) is 0 Å². The Kier molecular flexibility index (Phi) is 8.31. The molecule has 0 fully saturated rings. The summed E-state index contributed by atoms with van der Waals surface area (Å²) < 4.78 is 10.7. The van der Waals surface area contributed by atoms with E-state index >= 15 is 0 Å². The molecule has 0 heterocycles. The largest absolute Gasteiger partial charge is 0.463 e. The lowest BCUT2D eigenvalue weighted by Gasteiger charge is -2.30. The third-order valence-corrected chi connectivity index (χ3v) is 3.70. The molecule has 3 nitrogen and oxygen atoms in total. The maximum Gasteiger partial charge on any atom is 0.311 e. The first kappa shape index (κ1) is 18.4. The zero-order valence-corrected chi connectivity index (χ0v) is 13.8. The van der Waals surface area contributed by atoms with Gasteiger partial charge in [-0.3, -0.25) is 4.79 Å². The first-order valence-corrected chi connectivity index (χ1v) is 7.46. The van der Waals surface area contributed by atoms with E-state index in [0.29, 0.717) is 25.0 Å². The zero-order chi connectivity index (χ0) is 15.1. The monoisotopic (exact) mass is 272 g/mol. The van der Waals surface area contributed by atoms with Crippen molar-refractivity contribution >= 4 is 5.97 Å². The van der Waals surface area contributed by atoms with Gasteiger partial charge in [0.2, 0.25) is 0 Å². The number of esters is 1. The van der Waals surface area contributed by atoms with Gasteiger partial charge in [0.15, 0.2) is 0 Å². The van der Waals surface area contributed by atoms with E-state index in [0.717, 1.165) is 12.8 Å². The van der Waals surface area contributed by atoms with Gasteiger partial charge in [-0.05, 0) is 46.0 Å². The van der Waals surface area contributed by atoms with Gasteiger partial charge < -0.3 is 9.47 Å². The second-order valence-electron chi connectivity index (χ2n) is 6.65. The predicted molar refractivity (Wildman–Crippen MR) is 79.1 cm³/mol. The van der Waals surface area contributed by atoms with Gasteiger partial charge in [-0.25, -0.2) is 0 Å². The lowest BCUT2D eigenvalue weighted by molar-refractivity contribution is -0.159. The summed E-state index contributed by atoms with van der Waals surface area (Å²) in [6.45, 7) is 15.3. The molecule has 0 amide bonds. The van der Waals surface area contributed by atoms with Crippen LogP contribution >= 0.6 is 0 Å². The summed E-state index contributed by atoms with van der Waals surface area (Å²) in [6, 6.07) is 0. The Morgan fingerprint density at radius 2 is 1.58 bits per heavy atom. The molecule has 1 unspecified atom stereocenters. The van der Waals surface area contributed by atoms with Crippen LogP contribution in [0, 0.1) is 17.3 Å². The van der Waals surface area contributed by atoms with Crippen LogP contribution in [0.5, 0.6) is 0 Å². The van der Waals surface area contributed by atoms with Crippen LogP contribution in [0.2, 0.25) is 0 Å². The number of carbonyl (C=O) groups is 1. The molecule has 0 radical (unpaired) electrons. The molecule has 0 N–H and O–H groups in total. The number of carbonyl (C=O) groups excluding carboxylic acids is 1. The number of hydrogen-bond donors (Lipinski definition) is 0. The molecular formula is C16H32O3. The Bertz CT molecular complexity index is 257. The minimum Gasteiger partial charge on any atom is -0.463 e. The standard InChI is InChI=1S/C16H32O3/c1-12(2)8-9-14(5)16(6,7)15(17)19-11-10-18-13(3)4/h12-14H,8-11H2,1-7H3. The molecule has 0 aromatic heterocycles. The quantitative estimate of drug-likeness (QED) is 0.469. The highest BCUT2D eigenvalue weighted by Crippen LogP contribution is 2.32. The van der Waals surface area contributed by atoms with E-state index in [9.17, 15) is 4.79 Å². The van der Waals surface area contributed by atoms with Crippen LogP contribution in [-0.2, 0) is 14.3 Å². The van der Waals surface area contributed by atoms with Gasteiger partial charge in [-0.15, -0.1) is 0 Å². The minimum atomic E-state index is -0.424. The van der Waals surface area contributed by atoms with Gasteiger partial charge in [-0.1, -0.05) is 27.2 Å². The van der Waals surface area contributed by atoms with Crippen LogP contribution in [0.25, 0.3) is 0 Å². The Labute approximate surface area is 119 Å². The highest BCUT2D eigenvalue weighted by atomic mass is 16.6. The molecule has 0 aromatic carbocycles. The van der Waals surface area contributed by atoms with E-state index in [1.807, 2.05) is 27.7 Å². The van der Waals surface area contributed by atoms with Gasteiger partial charge in [0.05, 0.1) is 18.1 Å². The summed E-state index contributed by atoms with van der Waals surface area (Å²) in [5, 5.41) is 0. The number of rotatable bonds is 9. The van der Waals surface area contributed by atoms with Gasteiger partial charge in [0.1, 0.15) is 6.61 Å². The van der Waals surface area contributed by atoms with Crippen LogP contribution in [-0.4, -0.2) is 25.3 Å². The second kappa shape index (κ2) is 8.57.